The van der Waals surface area contributed by atoms with Gasteiger partial charge in [-0.2, -0.15) is 0 Å². The lowest BCUT2D eigenvalue weighted by atomic mass is 9.98. The van der Waals surface area contributed by atoms with Crippen LogP contribution < -0.4 is 0 Å². The molecule has 21 heavy (non-hydrogen) atoms. The Morgan fingerprint density at radius 1 is 0.952 bits per heavy atom. The van der Waals surface area contributed by atoms with Crippen LogP contribution in [0.25, 0.3) is 0 Å². The van der Waals surface area contributed by atoms with Crippen molar-refractivity contribution >= 4 is 5.97 Å². The number of benzene rings is 1. The third-order valence-corrected chi connectivity index (χ3v) is 3.82. The van der Waals surface area contributed by atoms with Gasteiger partial charge in [0.25, 0.3) is 0 Å². The molecule has 2 nitrogen and oxygen atoms in total. The smallest absolute Gasteiger partial charge is 0.306 e. The van der Waals surface area contributed by atoms with Crippen molar-refractivity contribution in [2.24, 2.45) is 0 Å². The van der Waals surface area contributed by atoms with E-state index in [0.29, 0.717) is 6.42 Å². The summed E-state index contributed by atoms with van der Waals surface area (Å²) in [6.45, 7) is 6.13. The average molecular weight is 290 g/mol. The van der Waals surface area contributed by atoms with Gasteiger partial charge in [-0.3, -0.25) is 4.79 Å². The summed E-state index contributed by atoms with van der Waals surface area (Å²) in [6.07, 6.45) is 9.05. The Bertz CT molecular complexity index is 395. The molecule has 0 amide bonds. The van der Waals surface area contributed by atoms with Gasteiger partial charge in [-0.1, -0.05) is 75.8 Å². The largest absolute Gasteiger partial charge is 0.455 e. The van der Waals surface area contributed by atoms with Crippen LogP contribution in [0.5, 0.6) is 0 Å². The van der Waals surface area contributed by atoms with Gasteiger partial charge in [0, 0.05) is 6.42 Å². The summed E-state index contributed by atoms with van der Waals surface area (Å²) in [6, 6.07) is 9.92. The average Bonchev–Trinajstić information content (AvgIpc) is 2.47. The second kappa shape index (κ2) is 9.59. The maximum atomic E-state index is 11.9. The zero-order valence-corrected chi connectivity index (χ0v) is 13.9. The van der Waals surface area contributed by atoms with E-state index in [2.05, 4.69) is 6.92 Å². The summed E-state index contributed by atoms with van der Waals surface area (Å²) in [5, 5.41) is 0. The first-order valence-corrected chi connectivity index (χ1v) is 8.33. The van der Waals surface area contributed by atoms with Crippen molar-refractivity contribution in [1.82, 2.24) is 0 Å². The molecule has 0 atom stereocenters. The summed E-state index contributed by atoms with van der Waals surface area (Å²) in [5.74, 6) is -0.0857. The summed E-state index contributed by atoms with van der Waals surface area (Å²) >= 11 is 0. The van der Waals surface area contributed by atoms with Crippen LogP contribution in [0.2, 0.25) is 0 Å². The molecule has 0 heterocycles. The number of hydrogen-bond donors (Lipinski definition) is 0. The van der Waals surface area contributed by atoms with Crippen molar-refractivity contribution in [3.05, 3.63) is 35.9 Å². The number of hydrogen-bond acceptors (Lipinski definition) is 2. The van der Waals surface area contributed by atoms with Gasteiger partial charge >= 0.3 is 5.97 Å². The minimum atomic E-state index is -0.542. The second-order valence-corrected chi connectivity index (χ2v) is 6.22. The van der Waals surface area contributed by atoms with E-state index in [1.165, 1.54) is 32.1 Å². The van der Waals surface area contributed by atoms with Gasteiger partial charge < -0.3 is 4.74 Å². The molecule has 0 N–H and O–H groups in total. The quantitative estimate of drug-likeness (QED) is 0.414. The van der Waals surface area contributed by atoms with Crippen LogP contribution in [0.4, 0.5) is 0 Å². The van der Waals surface area contributed by atoms with Gasteiger partial charge in [-0.05, 0) is 25.8 Å². The molecular formula is C19H30O2. The summed E-state index contributed by atoms with van der Waals surface area (Å²) < 4.78 is 5.63. The lowest BCUT2D eigenvalue weighted by molar-refractivity contribution is -0.157. The topological polar surface area (TPSA) is 26.3 Å². The summed E-state index contributed by atoms with van der Waals surface area (Å²) in [7, 11) is 0. The lowest BCUT2D eigenvalue weighted by Gasteiger charge is -2.25. The summed E-state index contributed by atoms with van der Waals surface area (Å²) in [4.78, 5) is 11.9. The zero-order valence-electron chi connectivity index (χ0n) is 13.9. The first kappa shape index (κ1) is 17.7. The molecule has 0 bridgehead atoms. The number of rotatable bonds is 10. The zero-order chi connectivity index (χ0) is 15.6. The molecule has 118 valence electrons. The molecule has 0 saturated heterocycles. The Labute approximate surface area is 129 Å². The highest BCUT2D eigenvalue weighted by Crippen LogP contribution is 2.25. The molecule has 2 heteroatoms. The SMILES string of the molecule is CCCCCCCCCC(=O)OC(C)(C)c1ccccc1. The number of ether oxygens (including phenoxy) is 1. The van der Waals surface area contributed by atoms with Crippen molar-refractivity contribution in [2.75, 3.05) is 0 Å². The van der Waals surface area contributed by atoms with Gasteiger partial charge in [-0.15, -0.1) is 0 Å². The molecule has 1 rings (SSSR count). The van der Waals surface area contributed by atoms with E-state index in [0.717, 1.165) is 18.4 Å². The molecular weight excluding hydrogens is 260 g/mol. The van der Waals surface area contributed by atoms with Crippen molar-refractivity contribution in [1.29, 1.82) is 0 Å². The Kier molecular flexibility index (Phi) is 8.11. The Hall–Kier alpha value is -1.31. The fourth-order valence-corrected chi connectivity index (χ4v) is 2.46. The normalized spacial score (nSPS) is 11.4. The van der Waals surface area contributed by atoms with Crippen molar-refractivity contribution < 1.29 is 9.53 Å². The summed E-state index contributed by atoms with van der Waals surface area (Å²) in [5.41, 5.74) is 0.498. The Morgan fingerprint density at radius 2 is 1.52 bits per heavy atom. The fraction of sp³-hybridized carbons (Fsp3) is 0.632. The predicted octanol–water partition coefficient (Wildman–Crippen LogP) is 5.61. The van der Waals surface area contributed by atoms with E-state index in [9.17, 15) is 4.79 Å². The van der Waals surface area contributed by atoms with Crippen LogP contribution in [0.1, 0.15) is 77.7 Å². The molecule has 1 aromatic carbocycles. The number of unbranched alkanes of at least 4 members (excludes halogenated alkanes) is 6. The molecule has 0 spiro atoms. The Morgan fingerprint density at radius 3 is 2.14 bits per heavy atom. The van der Waals surface area contributed by atoms with Crippen LogP contribution in [-0.2, 0) is 15.1 Å². The van der Waals surface area contributed by atoms with Crippen LogP contribution in [0.15, 0.2) is 30.3 Å². The molecule has 0 saturated carbocycles. The molecule has 1 aromatic rings. The third-order valence-electron chi connectivity index (χ3n) is 3.82. The van der Waals surface area contributed by atoms with Crippen molar-refractivity contribution in [3.63, 3.8) is 0 Å². The third kappa shape index (κ3) is 7.31. The van der Waals surface area contributed by atoms with Crippen LogP contribution in [0, 0.1) is 0 Å². The van der Waals surface area contributed by atoms with Gasteiger partial charge in [-0.25, -0.2) is 0 Å². The molecule has 0 aliphatic heterocycles. The maximum absolute atomic E-state index is 11.9. The van der Waals surface area contributed by atoms with E-state index in [1.807, 2.05) is 44.2 Å². The van der Waals surface area contributed by atoms with Crippen LogP contribution >= 0.6 is 0 Å². The monoisotopic (exact) mass is 290 g/mol. The van der Waals surface area contributed by atoms with E-state index in [-0.39, 0.29) is 5.97 Å². The van der Waals surface area contributed by atoms with Gasteiger partial charge in [0.2, 0.25) is 0 Å². The number of carbonyl (C=O) groups excluding carboxylic acids is 1. The van der Waals surface area contributed by atoms with E-state index in [4.69, 9.17) is 4.74 Å². The van der Waals surface area contributed by atoms with Gasteiger partial charge in [0.15, 0.2) is 0 Å². The number of carbonyl (C=O) groups is 1. The highest BCUT2D eigenvalue weighted by atomic mass is 16.6. The Balaban J connectivity index is 2.21. The van der Waals surface area contributed by atoms with Crippen LogP contribution in [0.3, 0.4) is 0 Å². The first-order chi connectivity index (χ1) is 10.1. The van der Waals surface area contributed by atoms with Gasteiger partial charge in [0.05, 0.1) is 0 Å². The lowest BCUT2D eigenvalue weighted by Crippen LogP contribution is -2.25. The molecule has 0 unspecified atom stereocenters. The van der Waals surface area contributed by atoms with E-state index in [1.54, 1.807) is 0 Å². The standard InChI is InChI=1S/C19H30O2/c1-4-5-6-7-8-9-13-16-18(20)21-19(2,3)17-14-11-10-12-15-17/h10-12,14-15H,4-9,13,16H2,1-3H3. The molecule has 0 aliphatic carbocycles. The first-order valence-electron chi connectivity index (χ1n) is 8.33. The second-order valence-electron chi connectivity index (χ2n) is 6.22. The maximum Gasteiger partial charge on any atom is 0.306 e. The van der Waals surface area contributed by atoms with E-state index >= 15 is 0 Å². The highest BCUT2D eigenvalue weighted by Gasteiger charge is 2.24. The molecule has 0 aliphatic rings. The predicted molar refractivity (Wildman–Crippen MR) is 88.2 cm³/mol. The van der Waals surface area contributed by atoms with E-state index < -0.39 is 5.60 Å². The fourth-order valence-electron chi connectivity index (χ4n) is 2.46. The number of esters is 1. The molecule has 0 fully saturated rings. The van der Waals surface area contributed by atoms with Crippen LogP contribution in [-0.4, -0.2) is 5.97 Å². The molecule has 0 aromatic heterocycles. The molecule has 0 radical (unpaired) electrons. The highest BCUT2D eigenvalue weighted by molar-refractivity contribution is 5.70. The minimum Gasteiger partial charge on any atom is -0.455 e. The van der Waals surface area contributed by atoms with Gasteiger partial charge in [0.1, 0.15) is 5.60 Å². The van der Waals surface area contributed by atoms with Crippen molar-refractivity contribution in [3.8, 4) is 0 Å². The minimum absolute atomic E-state index is 0.0857. The van der Waals surface area contributed by atoms with Crippen molar-refractivity contribution in [2.45, 2.75) is 77.7 Å².